The molecule has 0 aliphatic rings. The van der Waals surface area contributed by atoms with Gasteiger partial charge in [-0.05, 0) is 31.2 Å². The van der Waals surface area contributed by atoms with E-state index in [2.05, 4.69) is 26.7 Å². The van der Waals surface area contributed by atoms with Crippen LogP contribution in [-0.4, -0.2) is 17.0 Å². The van der Waals surface area contributed by atoms with Crippen molar-refractivity contribution in [2.75, 3.05) is 17.7 Å². The molecule has 0 aliphatic carbocycles. The van der Waals surface area contributed by atoms with Crippen LogP contribution in [0.2, 0.25) is 0 Å². The van der Waals surface area contributed by atoms with Crippen LogP contribution in [0.15, 0.2) is 30.3 Å². The second kappa shape index (κ2) is 5.15. The van der Waals surface area contributed by atoms with Crippen molar-refractivity contribution in [3.05, 3.63) is 41.7 Å². The van der Waals surface area contributed by atoms with Gasteiger partial charge in [-0.3, -0.25) is 0 Å². The number of hydrogen-bond donors (Lipinski definition) is 2. The Morgan fingerprint density at radius 3 is 2.39 bits per heavy atom. The molecule has 0 atom stereocenters. The van der Waals surface area contributed by atoms with Crippen molar-refractivity contribution in [3.63, 3.8) is 0 Å². The molecule has 18 heavy (non-hydrogen) atoms. The molecule has 0 radical (unpaired) electrons. The summed E-state index contributed by atoms with van der Waals surface area (Å²) in [5.74, 6) is 2.17. The van der Waals surface area contributed by atoms with Gasteiger partial charge in [-0.1, -0.05) is 0 Å². The maximum absolute atomic E-state index is 8.72. The molecule has 0 unspecified atom stereocenters. The zero-order valence-corrected chi connectivity index (χ0v) is 10.2. The normalized spacial score (nSPS) is 9.61. The van der Waals surface area contributed by atoms with Crippen molar-refractivity contribution in [2.45, 2.75) is 6.92 Å². The Kier molecular flexibility index (Phi) is 3.39. The zero-order chi connectivity index (χ0) is 13.0. The zero-order valence-electron chi connectivity index (χ0n) is 10.2. The summed E-state index contributed by atoms with van der Waals surface area (Å²) in [5.41, 5.74) is 1.52. The number of aryl methyl sites for hydroxylation is 1. The molecule has 0 fully saturated rings. The van der Waals surface area contributed by atoms with Crippen molar-refractivity contribution in [1.29, 1.82) is 5.26 Å². The molecule has 0 aliphatic heterocycles. The van der Waals surface area contributed by atoms with Crippen LogP contribution in [0.25, 0.3) is 0 Å². The van der Waals surface area contributed by atoms with E-state index in [0.717, 1.165) is 17.3 Å². The number of nitrogens with one attached hydrogen (secondary N) is 2. The summed E-state index contributed by atoms with van der Waals surface area (Å²) in [5, 5.41) is 14.9. The number of rotatable bonds is 3. The van der Waals surface area contributed by atoms with Gasteiger partial charge >= 0.3 is 0 Å². The third kappa shape index (κ3) is 2.74. The molecule has 5 heteroatoms. The van der Waals surface area contributed by atoms with Gasteiger partial charge in [0, 0.05) is 18.8 Å². The molecule has 0 saturated heterocycles. The number of nitriles is 1. The average molecular weight is 239 g/mol. The predicted octanol–water partition coefficient (Wildman–Crippen LogP) is 2.44. The van der Waals surface area contributed by atoms with Crippen LogP contribution in [0.4, 0.5) is 17.3 Å². The van der Waals surface area contributed by atoms with Crippen molar-refractivity contribution in [2.24, 2.45) is 0 Å². The Bertz CT molecular complexity index is 583. The SMILES string of the molecule is CNc1cc(Nc2ccc(C#N)cc2)nc(C)n1. The van der Waals surface area contributed by atoms with Gasteiger partial charge in [-0.15, -0.1) is 0 Å². The minimum atomic E-state index is 0.635. The maximum atomic E-state index is 8.72. The third-order valence-corrected chi connectivity index (χ3v) is 2.38. The lowest BCUT2D eigenvalue weighted by Gasteiger charge is -2.08. The first kappa shape index (κ1) is 11.9. The second-order valence-electron chi connectivity index (χ2n) is 3.75. The largest absolute Gasteiger partial charge is 0.373 e. The average Bonchev–Trinajstić information content (AvgIpc) is 2.39. The number of benzene rings is 1. The molecular weight excluding hydrogens is 226 g/mol. The van der Waals surface area contributed by atoms with Crippen molar-refractivity contribution in [1.82, 2.24) is 9.97 Å². The van der Waals surface area contributed by atoms with E-state index in [1.807, 2.05) is 32.2 Å². The van der Waals surface area contributed by atoms with Crippen LogP contribution in [-0.2, 0) is 0 Å². The smallest absolute Gasteiger partial charge is 0.136 e. The van der Waals surface area contributed by atoms with Gasteiger partial charge in [0.25, 0.3) is 0 Å². The molecule has 2 N–H and O–H groups in total. The summed E-state index contributed by atoms with van der Waals surface area (Å²) in [6.45, 7) is 1.84. The van der Waals surface area contributed by atoms with Gasteiger partial charge in [0.2, 0.25) is 0 Å². The monoisotopic (exact) mass is 239 g/mol. The van der Waals surface area contributed by atoms with E-state index in [4.69, 9.17) is 5.26 Å². The van der Waals surface area contributed by atoms with Gasteiger partial charge in [0.15, 0.2) is 0 Å². The van der Waals surface area contributed by atoms with E-state index in [9.17, 15) is 0 Å². The molecule has 5 nitrogen and oxygen atoms in total. The Morgan fingerprint density at radius 1 is 1.11 bits per heavy atom. The molecule has 1 aromatic heterocycles. The fourth-order valence-electron chi connectivity index (χ4n) is 1.54. The summed E-state index contributed by atoms with van der Waals surface area (Å²) < 4.78 is 0. The van der Waals surface area contributed by atoms with E-state index in [-0.39, 0.29) is 0 Å². The molecule has 0 amide bonds. The molecular formula is C13H13N5. The van der Waals surface area contributed by atoms with Gasteiger partial charge in [0.1, 0.15) is 17.5 Å². The summed E-state index contributed by atoms with van der Waals surface area (Å²) in [4.78, 5) is 8.51. The van der Waals surface area contributed by atoms with Crippen LogP contribution in [0.1, 0.15) is 11.4 Å². The first-order chi connectivity index (χ1) is 8.71. The number of hydrogen-bond acceptors (Lipinski definition) is 5. The van der Waals surface area contributed by atoms with Gasteiger partial charge in [-0.2, -0.15) is 5.26 Å². The highest BCUT2D eigenvalue weighted by Crippen LogP contribution is 2.17. The van der Waals surface area contributed by atoms with Crippen molar-refractivity contribution in [3.8, 4) is 6.07 Å². The highest BCUT2D eigenvalue weighted by Gasteiger charge is 2.01. The van der Waals surface area contributed by atoms with Crippen LogP contribution in [0.5, 0.6) is 0 Å². The second-order valence-corrected chi connectivity index (χ2v) is 3.75. The lowest BCUT2D eigenvalue weighted by atomic mass is 10.2. The van der Waals surface area contributed by atoms with Crippen LogP contribution >= 0.6 is 0 Å². The van der Waals surface area contributed by atoms with E-state index in [1.54, 1.807) is 12.1 Å². The van der Waals surface area contributed by atoms with Gasteiger partial charge in [-0.25, -0.2) is 9.97 Å². The Balaban J connectivity index is 2.22. The minimum absolute atomic E-state index is 0.635. The third-order valence-electron chi connectivity index (χ3n) is 2.38. The van der Waals surface area contributed by atoms with Gasteiger partial charge in [0.05, 0.1) is 11.6 Å². The summed E-state index contributed by atoms with van der Waals surface area (Å²) in [7, 11) is 1.81. The van der Waals surface area contributed by atoms with Crippen LogP contribution < -0.4 is 10.6 Å². The lowest BCUT2D eigenvalue weighted by Crippen LogP contribution is -2.01. The first-order valence-electron chi connectivity index (χ1n) is 5.52. The fourth-order valence-corrected chi connectivity index (χ4v) is 1.54. The van der Waals surface area contributed by atoms with Crippen molar-refractivity contribution >= 4 is 17.3 Å². The molecule has 1 heterocycles. The molecule has 1 aromatic carbocycles. The fraction of sp³-hybridized carbons (Fsp3) is 0.154. The quantitative estimate of drug-likeness (QED) is 0.860. The lowest BCUT2D eigenvalue weighted by molar-refractivity contribution is 1.06. The van der Waals surface area contributed by atoms with E-state index < -0.39 is 0 Å². The summed E-state index contributed by atoms with van der Waals surface area (Å²) in [6.07, 6.45) is 0. The van der Waals surface area contributed by atoms with Crippen LogP contribution in [0, 0.1) is 18.3 Å². The molecule has 0 saturated carbocycles. The molecule has 2 aromatic rings. The number of aromatic nitrogens is 2. The standard InChI is InChI=1S/C13H13N5/c1-9-16-12(15-2)7-13(17-9)18-11-5-3-10(8-14)4-6-11/h3-7H,1-2H3,(H2,15,16,17,18). The Hall–Kier alpha value is -2.61. The van der Waals surface area contributed by atoms with E-state index >= 15 is 0 Å². The molecule has 0 spiro atoms. The predicted molar refractivity (Wildman–Crippen MR) is 70.8 cm³/mol. The molecule has 2 rings (SSSR count). The Labute approximate surface area is 106 Å². The highest BCUT2D eigenvalue weighted by atomic mass is 15.1. The van der Waals surface area contributed by atoms with E-state index in [1.165, 1.54) is 0 Å². The topological polar surface area (TPSA) is 73.6 Å². The minimum Gasteiger partial charge on any atom is -0.373 e. The molecule has 0 bridgehead atoms. The summed E-state index contributed by atoms with van der Waals surface area (Å²) >= 11 is 0. The maximum Gasteiger partial charge on any atom is 0.136 e. The van der Waals surface area contributed by atoms with Gasteiger partial charge < -0.3 is 10.6 Å². The van der Waals surface area contributed by atoms with E-state index in [0.29, 0.717) is 11.4 Å². The highest BCUT2D eigenvalue weighted by molar-refractivity contribution is 5.59. The summed E-state index contributed by atoms with van der Waals surface area (Å²) in [6, 6.07) is 11.1. The number of nitrogens with zero attached hydrogens (tertiary/aromatic N) is 3. The van der Waals surface area contributed by atoms with Crippen molar-refractivity contribution < 1.29 is 0 Å². The van der Waals surface area contributed by atoms with Crippen LogP contribution in [0.3, 0.4) is 0 Å². The molecule has 90 valence electrons. The Morgan fingerprint density at radius 2 is 1.78 bits per heavy atom. The number of anilines is 3. The first-order valence-corrected chi connectivity index (χ1v) is 5.52.